The zero-order valence-electron chi connectivity index (χ0n) is 12.3. The molecule has 1 fully saturated rings. The fourth-order valence-electron chi connectivity index (χ4n) is 2.48. The molecule has 1 aromatic rings. The molecule has 2 heterocycles. The van der Waals surface area contributed by atoms with Gasteiger partial charge in [0.05, 0.1) is 6.61 Å². The molecule has 20 heavy (non-hydrogen) atoms. The van der Waals surface area contributed by atoms with Crippen molar-refractivity contribution < 1.29 is 9.53 Å². The maximum atomic E-state index is 12.6. The van der Waals surface area contributed by atoms with Gasteiger partial charge < -0.3 is 15.0 Å². The second kappa shape index (κ2) is 7.36. The molecule has 1 saturated heterocycles. The lowest BCUT2D eigenvalue weighted by Crippen LogP contribution is -2.43. The van der Waals surface area contributed by atoms with Gasteiger partial charge in [0.2, 0.25) is 0 Å². The smallest absolute Gasteiger partial charge is 0.272 e. The normalized spacial score (nSPS) is 18.2. The molecule has 0 saturated carbocycles. The molecular formula is C15H23N3O2. The number of carbonyl (C=O) groups excluding carboxylic acids is 1. The first-order chi connectivity index (χ1) is 9.70. The highest BCUT2D eigenvalue weighted by Gasteiger charge is 2.22. The minimum atomic E-state index is -0.0144. The van der Waals surface area contributed by atoms with Gasteiger partial charge in [0.25, 0.3) is 5.91 Å². The minimum Gasteiger partial charge on any atom is -0.383 e. The largest absolute Gasteiger partial charge is 0.383 e. The van der Waals surface area contributed by atoms with Crippen molar-refractivity contribution in [3.63, 3.8) is 0 Å². The van der Waals surface area contributed by atoms with Gasteiger partial charge >= 0.3 is 0 Å². The third-order valence-electron chi connectivity index (χ3n) is 3.56. The van der Waals surface area contributed by atoms with E-state index in [1.165, 1.54) is 6.42 Å². The molecule has 1 aliphatic rings. The van der Waals surface area contributed by atoms with Crippen LogP contribution in [-0.2, 0) is 4.74 Å². The second-order valence-corrected chi connectivity index (χ2v) is 5.20. The van der Waals surface area contributed by atoms with E-state index in [4.69, 9.17) is 4.74 Å². The zero-order valence-corrected chi connectivity index (χ0v) is 12.3. The average molecular weight is 277 g/mol. The minimum absolute atomic E-state index is 0.0144. The lowest BCUT2D eigenvalue weighted by molar-refractivity contribution is 0.0673. The van der Waals surface area contributed by atoms with E-state index in [0.717, 1.165) is 25.2 Å². The number of pyridine rings is 1. The third-order valence-corrected chi connectivity index (χ3v) is 3.56. The summed E-state index contributed by atoms with van der Waals surface area (Å²) >= 11 is 0. The van der Waals surface area contributed by atoms with Crippen molar-refractivity contribution in [2.45, 2.75) is 25.8 Å². The molecule has 0 bridgehead atoms. The standard InChI is InChI=1S/C15H23N3O2/c1-12-5-3-7-14(17-12)15(19)18(9-10-20-2)11-13-6-4-8-16-13/h3,5,7,13,16H,4,6,8-11H2,1-2H3. The van der Waals surface area contributed by atoms with Crippen molar-refractivity contribution in [1.82, 2.24) is 15.2 Å². The van der Waals surface area contributed by atoms with Crippen LogP contribution in [0.5, 0.6) is 0 Å². The number of hydrogen-bond donors (Lipinski definition) is 1. The quantitative estimate of drug-likeness (QED) is 0.850. The summed E-state index contributed by atoms with van der Waals surface area (Å²) in [7, 11) is 1.65. The SMILES string of the molecule is COCCN(CC1CCCN1)C(=O)c1cccc(C)n1. The summed E-state index contributed by atoms with van der Waals surface area (Å²) < 4.78 is 5.11. The van der Waals surface area contributed by atoms with Gasteiger partial charge in [0, 0.05) is 31.9 Å². The van der Waals surface area contributed by atoms with Crippen molar-refractivity contribution in [3.05, 3.63) is 29.6 Å². The van der Waals surface area contributed by atoms with Gasteiger partial charge in [0.1, 0.15) is 5.69 Å². The van der Waals surface area contributed by atoms with E-state index < -0.39 is 0 Å². The monoisotopic (exact) mass is 277 g/mol. The van der Waals surface area contributed by atoms with Crippen molar-refractivity contribution >= 4 is 5.91 Å². The van der Waals surface area contributed by atoms with Gasteiger partial charge in [-0.15, -0.1) is 0 Å². The topological polar surface area (TPSA) is 54.5 Å². The number of carbonyl (C=O) groups is 1. The third kappa shape index (κ3) is 4.02. The first-order valence-corrected chi connectivity index (χ1v) is 7.16. The predicted molar refractivity (Wildman–Crippen MR) is 77.8 cm³/mol. The van der Waals surface area contributed by atoms with Gasteiger partial charge in [-0.1, -0.05) is 6.07 Å². The average Bonchev–Trinajstić information content (AvgIpc) is 2.95. The molecule has 2 rings (SSSR count). The van der Waals surface area contributed by atoms with Crippen molar-refractivity contribution in [3.8, 4) is 0 Å². The van der Waals surface area contributed by atoms with E-state index in [9.17, 15) is 4.79 Å². The summed E-state index contributed by atoms with van der Waals surface area (Å²) in [5, 5.41) is 3.43. The van der Waals surface area contributed by atoms with Gasteiger partial charge in [-0.05, 0) is 38.4 Å². The number of methoxy groups -OCH3 is 1. The molecule has 0 radical (unpaired) electrons. The number of nitrogens with zero attached hydrogens (tertiary/aromatic N) is 2. The lowest BCUT2D eigenvalue weighted by Gasteiger charge is -2.25. The molecule has 0 aliphatic carbocycles. The van der Waals surface area contributed by atoms with Crippen LogP contribution in [0.15, 0.2) is 18.2 Å². The van der Waals surface area contributed by atoms with Crippen LogP contribution in [-0.4, -0.2) is 55.2 Å². The van der Waals surface area contributed by atoms with Crippen LogP contribution in [0.4, 0.5) is 0 Å². The molecule has 1 N–H and O–H groups in total. The zero-order chi connectivity index (χ0) is 14.4. The van der Waals surface area contributed by atoms with Crippen LogP contribution in [0.1, 0.15) is 29.0 Å². The van der Waals surface area contributed by atoms with E-state index in [2.05, 4.69) is 10.3 Å². The van der Waals surface area contributed by atoms with E-state index >= 15 is 0 Å². The van der Waals surface area contributed by atoms with Crippen LogP contribution in [0.25, 0.3) is 0 Å². The summed E-state index contributed by atoms with van der Waals surface area (Å²) in [6.45, 7) is 4.81. The Hall–Kier alpha value is -1.46. The van der Waals surface area contributed by atoms with E-state index in [0.29, 0.717) is 24.9 Å². The maximum Gasteiger partial charge on any atom is 0.272 e. The fraction of sp³-hybridized carbons (Fsp3) is 0.600. The van der Waals surface area contributed by atoms with E-state index in [1.54, 1.807) is 13.2 Å². The highest BCUT2D eigenvalue weighted by Crippen LogP contribution is 2.10. The van der Waals surface area contributed by atoms with Gasteiger partial charge in [-0.25, -0.2) is 4.98 Å². The summed E-state index contributed by atoms with van der Waals surface area (Å²) in [6.07, 6.45) is 2.30. The van der Waals surface area contributed by atoms with E-state index in [-0.39, 0.29) is 5.91 Å². The van der Waals surface area contributed by atoms with Crippen LogP contribution in [0.3, 0.4) is 0 Å². The highest BCUT2D eigenvalue weighted by molar-refractivity contribution is 5.92. The van der Waals surface area contributed by atoms with Crippen molar-refractivity contribution in [2.75, 3.05) is 33.4 Å². The number of aryl methyl sites for hydroxylation is 1. The first-order valence-electron chi connectivity index (χ1n) is 7.16. The number of ether oxygens (including phenoxy) is 1. The Kier molecular flexibility index (Phi) is 5.49. The molecule has 5 heteroatoms. The summed E-state index contributed by atoms with van der Waals surface area (Å²) in [4.78, 5) is 18.7. The Bertz CT molecular complexity index is 444. The Morgan fingerprint density at radius 3 is 3.05 bits per heavy atom. The van der Waals surface area contributed by atoms with Crippen LogP contribution < -0.4 is 5.32 Å². The first kappa shape index (κ1) is 14.9. The fourth-order valence-corrected chi connectivity index (χ4v) is 2.48. The number of amides is 1. The summed E-state index contributed by atoms with van der Waals surface area (Å²) in [5.41, 5.74) is 1.38. The molecule has 110 valence electrons. The summed E-state index contributed by atoms with van der Waals surface area (Å²) in [5.74, 6) is -0.0144. The van der Waals surface area contributed by atoms with Gasteiger partial charge in [-0.2, -0.15) is 0 Å². The van der Waals surface area contributed by atoms with Gasteiger partial charge in [-0.3, -0.25) is 4.79 Å². The number of rotatable bonds is 6. The molecule has 0 aromatic carbocycles. The van der Waals surface area contributed by atoms with E-state index in [1.807, 2.05) is 24.0 Å². The molecule has 1 amide bonds. The Labute approximate surface area is 120 Å². The van der Waals surface area contributed by atoms with Crippen LogP contribution >= 0.6 is 0 Å². The summed E-state index contributed by atoms with van der Waals surface area (Å²) in [6, 6.07) is 5.93. The second-order valence-electron chi connectivity index (χ2n) is 5.20. The van der Waals surface area contributed by atoms with Crippen LogP contribution in [0, 0.1) is 6.92 Å². The molecule has 1 aliphatic heterocycles. The molecule has 0 spiro atoms. The number of aromatic nitrogens is 1. The Morgan fingerprint density at radius 2 is 2.40 bits per heavy atom. The van der Waals surface area contributed by atoms with Crippen LogP contribution in [0.2, 0.25) is 0 Å². The Balaban J connectivity index is 2.05. The molecular weight excluding hydrogens is 254 g/mol. The molecule has 1 aromatic heterocycles. The highest BCUT2D eigenvalue weighted by atomic mass is 16.5. The Morgan fingerprint density at radius 1 is 1.55 bits per heavy atom. The van der Waals surface area contributed by atoms with Crippen molar-refractivity contribution in [1.29, 1.82) is 0 Å². The molecule has 5 nitrogen and oxygen atoms in total. The molecule has 1 atom stereocenters. The van der Waals surface area contributed by atoms with Gasteiger partial charge in [0.15, 0.2) is 0 Å². The number of hydrogen-bond acceptors (Lipinski definition) is 4. The lowest BCUT2D eigenvalue weighted by atomic mass is 10.2. The maximum absolute atomic E-state index is 12.6. The number of nitrogens with one attached hydrogen (secondary N) is 1. The molecule has 1 unspecified atom stereocenters. The predicted octanol–water partition coefficient (Wildman–Crippen LogP) is 1.23. The van der Waals surface area contributed by atoms with Crippen molar-refractivity contribution in [2.24, 2.45) is 0 Å².